The van der Waals surface area contributed by atoms with Crippen LogP contribution < -0.4 is 14.8 Å². The molecule has 0 atom stereocenters. The van der Waals surface area contributed by atoms with E-state index in [2.05, 4.69) is 10.3 Å². The third kappa shape index (κ3) is 4.49. The number of methoxy groups -OCH3 is 1. The number of nitrogens with one attached hydrogen (secondary N) is 1. The van der Waals surface area contributed by atoms with E-state index in [0.29, 0.717) is 18.7 Å². The summed E-state index contributed by atoms with van der Waals surface area (Å²) in [5.74, 6) is 1.40. The summed E-state index contributed by atoms with van der Waals surface area (Å²) >= 11 is 0. The first kappa shape index (κ1) is 14.8. The van der Waals surface area contributed by atoms with Gasteiger partial charge in [-0.2, -0.15) is 0 Å². The highest BCUT2D eigenvalue weighted by Crippen LogP contribution is 2.16. The quantitative estimate of drug-likeness (QED) is 0.827. The Morgan fingerprint density at radius 1 is 1.19 bits per heavy atom. The molecule has 1 heterocycles. The van der Waals surface area contributed by atoms with Gasteiger partial charge in [0, 0.05) is 17.5 Å². The van der Waals surface area contributed by atoms with Crippen molar-refractivity contribution in [2.24, 2.45) is 0 Å². The molecule has 1 aromatic heterocycles. The Hall–Kier alpha value is -2.56. The number of benzene rings is 1. The number of nitrogens with zero attached hydrogens (tertiary/aromatic N) is 1. The third-order valence-electron chi connectivity index (χ3n) is 2.87. The molecule has 0 saturated heterocycles. The van der Waals surface area contributed by atoms with E-state index >= 15 is 0 Å². The molecule has 5 nitrogen and oxygen atoms in total. The predicted octanol–water partition coefficient (Wildman–Crippen LogP) is 2.21. The maximum absolute atomic E-state index is 11.9. The van der Waals surface area contributed by atoms with Crippen LogP contribution in [0.3, 0.4) is 0 Å². The Labute approximate surface area is 123 Å². The summed E-state index contributed by atoms with van der Waals surface area (Å²) < 4.78 is 10.6. The van der Waals surface area contributed by atoms with Crippen molar-refractivity contribution >= 4 is 5.91 Å². The van der Waals surface area contributed by atoms with Gasteiger partial charge < -0.3 is 14.8 Å². The number of amides is 1. The van der Waals surface area contributed by atoms with Crippen LogP contribution in [0.4, 0.5) is 0 Å². The fourth-order valence-electron chi connectivity index (χ4n) is 1.79. The Morgan fingerprint density at radius 2 is 1.90 bits per heavy atom. The SMILES string of the molecule is COc1ccc(OCCNC(=O)c2ccnc(C)c2)cc1. The number of hydrogen-bond donors (Lipinski definition) is 1. The Bertz CT molecular complexity index is 597. The fourth-order valence-corrected chi connectivity index (χ4v) is 1.79. The predicted molar refractivity (Wildman–Crippen MR) is 79.8 cm³/mol. The van der Waals surface area contributed by atoms with Gasteiger partial charge in [0.1, 0.15) is 18.1 Å². The summed E-state index contributed by atoms with van der Waals surface area (Å²) in [6.45, 7) is 2.69. The van der Waals surface area contributed by atoms with E-state index in [4.69, 9.17) is 9.47 Å². The summed E-state index contributed by atoms with van der Waals surface area (Å²) in [6.07, 6.45) is 1.62. The maximum Gasteiger partial charge on any atom is 0.251 e. The van der Waals surface area contributed by atoms with Crippen LogP contribution in [0.25, 0.3) is 0 Å². The minimum atomic E-state index is -0.126. The molecule has 2 rings (SSSR count). The van der Waals surface area contributed by atoms with Crippen molar-refractivity contribution in [3.63, 3.8) is 0 Å². The Morgan fingerprint density at radius 3 is 2.57 bits per heavy atom. The van der Waals surface area contributed by atoms with Gasteiger partial charge in [0.05, 0.1) is 13.7 Å². The van der Waals surface area contributed by atoms with Gasteiger partial charge in [-0.3, -0.25) is 9.78 Å². The second-order valence-electron chi connectivity index (χ2n) is 4.47. The molecule has 110 valence electrons. The average molecular weight is 286 g/mol. The number of pyridine rings is 1. The van der Waals surface area contributed by atoms with Crippen LogP contribution in [-0.4, -0.2) is 31.2 Å². The van der Waals surface area contributed by atoms with Gasteiger partial charge in [0.2, 0.25) is 0 Å². The molecule has 1 aromatic carbocycles. The number of aryl methyl sites for hydroxylation is 1. The van der Waals surface area contributed by atoms with E-state index in [-0.39, 0.29) is 5.91 Å². The van der Waals surface area contributed by atoms with Gasteiger partial charge in [-0.1, -0.05) is 0 Å². The molecule has 0 fully saturated rings. The van der Waals surface area contributed by atoms with Crippen molar-refractivity contribution in [3.8, 4) is 11.5 Å². The molecule has 0 aliphatic rings. The fraction of sp³-hybridized carbons (Fsp3) is 0.250. The number of carbonyl (C=O) groups is 1. The van der Waals surface area contributed by atoms with Crippen LogP contribution >= 0.6 is 0 Å². The summed E-state index contributed by atoms with van der Waals surface area (Å²) in [4.78, 5) is 15.9. The molecule has 0 saturated carbocycles. The summed E-state index contributed by atoms with van der Waals surface area (Å²) in [5, 5.41) is 2.80. The zero-order valence-electron chi connectivity index (χ0n) is 12.1. The van der Waals surface area contributed by atoms with Gasteiger partial charge >= 0.3 is 0 Å². The average Bonchev–Trinajstić information content (AvgIpc) is 2.52. The lowest BCUT2D eigenvalue weighted by atomic mass is 10.2. The Balaban J connectivity index is 1.75. The number of carbonyl (C=O) groups excluding carboxylic acids is 1. The first-order chi connectivity index (χ1) is 10.2. The normalized spacial score (nSPS) is 10.0. The molecule has 0 radical (unpaired) electrons. The monoisotopic (exact) mass is 286 g/mol. The second kappa shape index (κ2) is 7.28. The summed E-state index contributed by atoms with van der Waals surface area (Å²) in [6, 6.07) is 10.7. The van der Waals surface area contributed by atoms with Crippen LogP contribution in [0.2, 0.25) is 0 Å². The first-order valence-corrected chi connectivity index (χ1v) is 6.67. The van der Waals surface area contributed by atoms with E-state index in [9.17, 15) is 4.79 Å². The van der Waals surface area contributed by atoms with Crippen LogP contribution in [0.1, 0.15) is 16.1 Å². The third-order valence-corrected chi connectivity index (χ3v) is 2.87. The first-order valence-electron chi connectivity index (χ1n) is 6.67. The van der Waals surface area contributed by atoms with Crippen LogP contribution in [0.15, 0.2) is 42.6 Å². The molecular weight excluding hydrogens is 268 g/mol. The molecule has 0 unspecified atom stereocenters. The molecule has 0 spiro atoms. The second-order valence-corrected chi connectivity index (χ2v) is 4.47. The van der Waals surface area contributed by atoms with E-state index < -0.39 is 0 Å². The number of hydrogen-bond acceptors (Lipinski definition) is 4. The lowest BCUT2D eigenvalue weighted by molar-refractivity contribution is 0.0947. The maximum atomic E-state index is 11.9. The standard InChI is InChI=1S/C16H18N2O3/c1-12-11-13(7-8-17-12)16(19)18-9-10-21-15-5-3-14(20-2)4-6-15/h3-8,11H,9-10H2,1-2H3,(H,18,19). The molecule has 5 heteroatoms. The van der Waals surface area contributed by atoms with Crippen molar-refractivity contribution in [1.29, 1.82) is 0 Å². The number of rotatable bonds is 6. The molecule has 1 N–H and O–H groups in total. The van der Waals surface area contributed by atoms with Crippen molar-refractivity contribution in [3.05, 3.63) is 53.9 Å². The summed E-state index contributed by atoms with van der Waals surface area (Å²) in [5.41, 5.74) is 1.42. The molecule has 2 aromatic rings. The van der Waals surface area contributed by atoms with E-state index in [1.165, 1.54) is 0 Å². The zero-order chi connectivity index (χ0) is 15.1. The lowest BCUT2D eigenvalue weighted by Crippen LogP contribution is -2.28. The molecule has 0 aliphatic carbocycles. The molecule has 0 aliphatic heterocycles. The zero-order valence-corrected chi connectivity index (χ0v) is 12.1. The Kier molecular flexibility index (Phi) is 5.15. The smallest absolute Gasteiger partial charge is 0.251 e. The van der Waals surface area contributed by atoms with Gasteiger partial charge in [-0.25, -0.2) is 0 Å². The van der Waals surface area contributed by atoms with Crippen LogP contribution in [0, 0.1) is 6.92 Å². The van der Waals surface area contributed by atoms with E-state index in [1.807, 2.05) is 31.2 Å². The summed E-state index contributed by atoms with van der Waals surface area (Å²) in [7, 11) is 1.62. The molecular formula is C16H18N2O3. The van der Waals surface area contributed by atoms with Gasteiger partial charge in [0.15, 0.2) is 0 Å². The van der Waals surface area contributed by atoms with Gasteiger partial charge in [-0.15, -0.1) is 0 Å². The van der Waals surface area contributed by atoms with Gasteiger partial charge in [-0.05, 0) is 43.3 Å². The largest absolute Gasteiger partial charge is 0.497 e. The van der Waals surface area contributed by atoms with Crippen molar-refractivity contribution in [2.75, 3.05) is 20.3 Å². The number of ether oxygens (including phenoxy) is 2. The van der Waals surface area contributed by atoms with Crippen molar-refractivity contribution in [1.82, 2.24) is 10.3 Å². The number of aromatic nitrogens is 1. The van der Waals surface area contributed by atoms with Gasteiger partial charge in [0.25, 0.3) is 5.91 Å². The highest BCUT2D eigenvalue weighted by atomic mass is 16.5. The lowest BCUT2D eigenvalue weighted by Gasteiger charge is -2.08. The minimum absolute atomic E-state index is 0.126. The van der Waals surface area contributed by atoms with Crippen LogP contribution in [0.5, 0.6) is 11.5 Å². The van der Waals surface area contributed by atoms with E-state index in [0.717, 1.165) is 17.2 Å². The highest BCUT2D eigenvalue weighted by Gasteiger charge is 2.05. The van der Waals surface area contributed by atoms with Crippen LogP contribution in [-0.2, 0) is 0 Å². The van der Waals surface area contributed by atoms with E-state index in [1.54, 1.807) is 25.4 Å². The van der Waals surface area contributed by atoms with Crippen molar-refractivity contribution in [2.45, 2.75) is 6.92 Å². The van der Waals surface area contributed by atoms with Crippen molar-refractivity contribution < 1.29 is 14.3 Å². The topological polar surface area (TPSA) is 60.5 Å². The molecule has 0 bridgehead atoms. The highest BCUT2D eigenvalue weighted by molar-refractivity contribution is 5.94. The minimum Gasteiger partial charge on any atom is -0.497 e. The molecule has 21 heavy (non-hydrogen) atoms. The molecule has 1 amide bonds.